The molecule has 0 radical (unpaired) electrons. The molecule has 2 aromatic rings. The molecule has 0 fully saturated rings. The van der Waals surface area contributed by atoms with Crippen LogP contribution >= 0.6 is 0 Å². The van der Waals surface area contributed by atoms with E-state index < -0.39 is 10.0 Å². The molecular formula is C21H27N5O3S. The maximum atomic E-state index is 12.2. The standard InChI is InChI=1S/C21H27N5O3S/c1-22-21(23-11-12-30(28,29)25-14-16-7-3-2-4-8-16)24-15-17-13-20(27)26-19-10-6-5-9-18(17)19/h2-10,17,25H,11-15H2,1H3,(H,26,27)(H2,22,23,24). The van der Waals surface area contributed by atoms with Gasteiger partial charge in [0.05, 0.1) is 5.75 Å². The molecule has 0 bridgehead atoms. The lowest BCUT2D eigenvalue weighted by molar-refractivity contribution is -0.116. The molecule has 0 saturated heterocycles. The van der Waals surface area contributed by atoms with Crippen LogP contribution in [0, 0.1) is 0 Å². The predicted molar refractivity (Wildman–Crippen MR) is 119 cm³/mol. The highest BCUT2D eigenvalue weighted by molar-refractivity contribution is 7.89. The second-order valence-corrected chi connectivity index (χ2v) is 8.97. The number of para-hydroxylation sites is 1. The number of nitrogens with one attached hydrogen (secondary N) is 4. The summed E-state index contributed by atoms with van der Waals surface area (Å²) in [6.45, 7) is 0.994. The summed E-state index contributed by atoms with van der Waals surface area (Å²) in [4.78, 5) is 16.1. The van der Waals surface area contributed by atoms with Crippen LogP contribution in [-0.4, -0.2) is 46.2 Å². The van der Waals surface area contributed by atoms with Gasteiger partial charge < -0.3 is 16.0 Å². The number of carbonyl (C=O) groups excluding carboxylic acids is 1. The number of carbonyl (C=O) groups is 1. The smallest absolute Gasteiger partial charge is 0.225 e. The molecule has 0 aliphatic carbocycles. The fourth-order valence-corrected chi connectivity index (χ4v) is 4.19. The normalized spacial score (nSPS) is 16.5. The number of sulfonamides is 1. The Bertz CT molecular complexity index is 993. The van der Waals surface area contributed by atoms with Gasteiger partial charge in [0.2, 0.25) is 15.9 Å². The Labute approximate surface area is 177 Å². The number of benzene rings is 2. The van der Waals surface area contributed by atoms with Crippen molar-refractivity contribution in [3.63, 3.8) is 0 Å². The van der Waals surface area contributed by atoms with Gasteiger partial charge in [-0.15, -0.1) is 0 Å². The lowest BCUT2D eigenvalue weighted by atomic mass is 9.90. The van der Waals surface area contributed by atoms with Gasteiger partial charge in [-0.2, -0.15) is 0 Å². The average Bonchev–Trinajstić information content (AvgIpc) is 2.75. The van der Waals surface area contributed by atoms with Crippen molar-refractivity contribution in [1.82, 2.24) is 15.4 Å². The van der Waals surface area contributed by atoms with E-state index in [1.54, 1.807) is 7.05 Å². The number of guanidine groups is 1. The van der Waals surface area contributed by atoms with Crippen LogP contribution in [0.15, 0.2) is 59.6 Å². The van der Waals surface area contributed by atoms with Crippen molar-refractivity contribution in [3.8, 4) is 0 Å². The van der Waals surface area contributed by atoms with Gasteiger partial charge in [-0.05, 0) is 17.2 Å². The molecule has 0 spiro atoms. The molecule has 1 aliphatic rings. The quantitative estimate of drug-likeness (QED) is 0.374. The van der Waals surface area contributed by atoms with E-state index in [1.165, 1.54) is 0 Å². The third kappa shape index (κ3) is 6.30. The molecule has 8 nitrogen and oxygen atoms in total. The van der Waals surface area contributed by atoms with Crippen LogP contribution in [0.5, 0.6) is 0 Å². The molecular weight excluding hydrogens is 402 g/mol. The number of rotatable bonds is 8. The molecule has 3 rings (SSSR count). The Morgan fingerprint density at radius 3 is 2.60 bits per heavy atom. The Kier molecular flexibility index (Phi) is 7.42. The van der Waals surface area contributed by atoms with Crippen molar-refractivity contribution in [3.05, 3.63) is 65.7 Å². The molecule has 1 aliphatic heterocycles. The zero-order valence-electron chi connectivity index (χ0n) is 16.9. The summed E-state index contributed by atoms with van der Waals surface area (Å²) >= 11 is 0. The Morgan fingerprint density at radius 2 is 1.83 bits per heavy atom. The topological polar surface area (TPSA) is 112 Å². The van der Waals surface area contributed by atoms with E-state index in [0.717, 1.165) is 16.8 Å². The van der Waals surface area contributed by atoms with Crippen LogP contribution in [0.2, 0.25) is 0 Å². The minimum absolute atomic E-state index is 0.0148. The number of hydrogen-bond acceptors (Lipinski definition) is 4. The summed E-state index contributed by atoms with van der Waals surface area (Å²) in [5.41, 5.74) is 2.81. The van der Waals surface area contributed by atoms with Crippen molar-refractivity contribution in [2.24, 2.45) is 4.99 Å². The number of hydrogen-bond donors (Lipinski definition) is 4. The highest BCUT2D eigenvalue weighted by Gasteiger charge is 2.24. The molecule has 2 aromatic carbocycles. The Balaban J connectivity index is 1.45. The van der Waals surface area contributed by atoms with Crippen molar-refractivity contribution in [2.75, 3.05) is 31.2 Å². The zero-order chi connectivity index (χ0) is 21.4. The lowest BCUT2D eigenvalue weighted by Gasteiger charge is -2.26. The third-order valence-corrected chi connectivity index (χ3v) is 6.17. The first-order valence-electron chi connectivity index (χ1n) is 9.81. The fraction of sp³-hybridized carbons (Fsp3) is 0.333. The first-order valence-corrected chi connectivity index (χ1v) is 11.5. The minimum Gasteiger partial charge on any atom is -0.356 e. The van der Waals surface area contributed by atoms with Crippen molar-refractivity contribution >= 4 is 27.6 Å². The average molecular weight is 430 g/mol. The van der Waals surface area contributed by atoms with Crippen molar-refractivity contribution in [1.29, 1.82) is 0 Å². The molecule has 1 atom stereocenters. The first kappa shape index (κ1) is 21.8. The van der Waals surface area contributed by atoms with Gasteiger partial charge >= 0.3 is 0 Å². The van der Waals surface area contributed by atoms with Gasteiger partial charge in [-0.3, -0.25) is 9.79 Å². The van der Waals surface area contributed by atoms with E-state index in [4.69, 9.17) is 0 Å². The van der Waals surface area contributed by atoms with Crippen LogP contribution in [0.3, 0.4) is 0 Å². The van der Waals surface area contributed by atoms with Gasteiger partial charge in [-0.1, -0.05) is 48.5 Å². The van der Waals surface area contributed by atoms with E-state index in [0.29, 0.717) is 18.9 Å². The molecule has 160 valence electrons. The molecule has 0 aromatic heterocycles. The van der Waals surface area contributed by atoms with Gasteiger partial charge in [0.1, 0.15) is 0 Å². The van der Waals surface area contributed by atoms with Crippen LogP contribution in [-0.2, 0) is 21.4 Å². The van der Waals surface area contributed by atoms with E-state index >= 15 is 0 Å². The van der Waals surface area contributed by atoms with E-state index in [-0.39, 0.29) is 30.7 Å². The molecule has 0 saturated carbocycles. The Morgan fingerprint density at radius 1 is 1.10 bits per heavy atom. The number of fused-ring (bicyclic) bond motifs is 1. The number of amides is 1. The summed E-state index contributed by atoms with van der Waals surface area (Å²) in [5, 5.41) is 9.09. The minimum atomic E-state index is -3.41. The largest absolute Gasteiger partial charge is 0.356 e. The van der Waals surface area contributed by atoms with E-state index in [9.17, 15) is 13.2 Å². The molecule has 1 amide bonds. The summed E-state index contributed by atoms with van der Waals surface area (Å²) < 4.78 is 27.0. The van der Waals surface area contributed by atoms with Crippen LogP contribution < -0.4 is 20.7 Å². The summed E-state index contributed by atoms with van der Waals surface area (Å²) in [6, 6.07) is 17.1. The number of nitrogens with zero attached hydrogens (tertiary/aromatic N) is 1. The number of anilines is 1. The molecule has 30 heavy (non-hydrogen) atoms. The van der Waals surface area contributed by atoms with Gasteiger partial charge in [0, 0.05) is 44.7 Å². The van der Waals surface area contributed by atoms with Crippen LogP contribution in [0.4, 0.5) is 5.69 Å². The second kappa shape index (κ2) is 10.2. The molecule has 1 unspecified atom stereocenters. The lowest BCUT2D eigenvalue weighted by Crippen LogP contribution is -2.43. The van der Waals surface area contributed by atoms with Crippen LogP contribution in [0.25, 0.3) is 0 Å². The van der Waals surface area contributed by atoms with Crippen molar-refractivity contribution < 1.29 is 13.2 Å². The first-order chi connectivity index (χ1) is 14.5. The van der Waals surface area contributed by atoms with Gasteiger partial charge in [-0.25, -0.2) is 13.1 Å². The highest BCUT2D eigenvalue weighted by atomic mass is 32.2. The van der Waals surface area contributed by atoms with E-state index in [2.05, 4.69) is 25.7 Å². The predicted octanol–water partition coefficient (Wildman–Crippen LogP) is 1.40. The third-order valence-electron chi connectivity index (χ3n) is 4.85. The molecule has 1 heterocycles. The van der Waals surface area contributed by atoms with Crippen molar-refractivity contribution in [2.45, 2.75) is 18.9 Å². The van der Waals surface area contributed by atoms with Crippen LogP contribution in [0.1, 0.15) is 23.5 Å². The highest BCUT2D eigenvalue weighted by Crippen LogP contribution is 2.31. The summed E-state index contributed by atoms with van der Waals surface area (Å²) in [7, 11) is -1.79. The second-order valence-electron chi connectivity index (χ2n) is 7.04. The molecule has 9 heteroatoms. The fourth-order valence-electron chi connectivity index (χ4n) is 3.29. The summed E-state index contributed by atoms with van der Waals surface area (Å²) in [5.74, 6) is 0.426. The number of aliphatic imine (C=N–C) groups is 1. The van der Waals surface area contributed by atoms with Gasteiger partial charge in [0.25, 0.3) is 0 Å². The Hall–Kier alpha value is -2.91. The SMILES string of the molecule is CN=C(NCCS(=O)(=O)NCc1ccccc1)NCC1CC(=O)Nc2ccccc21. The maximum absolute atomic E-state index is 12.2. The van der Waals surface area contributed by atoms with Gasteiger partial charge in [0.15, 0.2) is 5.96 Å². The van der Waals surface area contributed by atoms with E-state index in [1.807, 2.05) is 54.6 Å². The maximum Gasteiger partial charge on any atom is 0.225 e. The summed E-state index contributed by atoms with van der Waals surface area (Å²) in [6.07, 6.45) is 0.388. The zero-order valence-corrected chi connectivity index (χ0v) is 17.7. The molecule has 4 N–H and O–H groups in total. The monoisotopic (exact) mass is 429 g/mol.